The molecule has 0 aliphatic carbocycles. The van der Waals surface area contributed by atoms with Crippen molar-refractivity contribution in [3.8, 4) is 0 Å². The summed E-state index contributed by atoms with van der Waals surface area (Å²) < 4.78 is 1.23. The van der Waals surface area contributed by atoms with Gasteiger partial charge in [-0.1, -0.05) is 17.7 Å². The Hall–Kier alpha value is -3.58. The van der Waals surface area contributed by atoms with Crippen molar-refractivity contribution < 1.29 is 24.6 Å². The number of nitrogens with one attached hydrogen (secondary N) is 1. The SMILES string of the molecule is CC(C)N1CCC(N)CC1.O=C(Cn1c(C(=O)O)nc2c(C(=O)N3CC(O)C3)cccc21)Nc1ccc(Cl)cn1. The van der Waals surface area contributed by atoms with Gasteiger partial charge in [0.25, 0.3) is 5.91 Å². The molecule has 2 aliphatic heterocycles. The molecule has 4 heterocycles. The van der Waals surface area contributed by atoms with Gasteiger partial charge in [-0.2, -0.15) is 0 Å². The van der Waals surface area contributed by atoms with E-state index in [4.69, 9.17) is 17.3 Å². The van der Waals surface area contributed by atoms with Crippen LogP contribution >= 0.6 is 11.6 Å². The van der Waals surface area contributed by atoms with Crippen LogP contribution in [0.1, 0.15) is 47.7 Å². The van der Waals surface area contributed by atoms with E-state index >= 15 is 0 Å². The fourth-order valence-corrected chi connectivity index (χ4v) is 4.76. The zero-order valence-corrected chi connectivity index (χ0v) is 23.2. The molecule has 0 spiro atoms. The highest BCUT2D eigenvalue weighted by Gasteiger charge is 2.31. The van der Waals surface area contributed by atoms with Crippen molar-refractivity contribution in [2.75, 3.05) is 31.5 Å². The van der Waals surface area contributed by atoms with Crippen LogP contribution in [0.25, 0.3) is 11.0 Å². The number of benzene rings is 1. The fourth-order valence-electron chi connectivity index (χ4n) is 4.65. The van der Waals surface area contributed by atoms with Crippen molar-refractivity contribution >= 4 is 46.2 Å². The van der Waals surface area contributed by atoms with Gasteiger partial charge in [0.15, 0.2) is 0 Å². The summed E-state index contributed by atoms with van der Waals surface area (Å²) in [5.74, 6) is -2.32. The third-order valence-electron chi connectivity index (χ3n) is 6.95. The number of hydrogen-bond acceptors (Lipinski definition) is 8. The number of β-amino-alcohol motifs (C(OH)–C–C–N with tert-alkyl or cyclic N) is 1. The van der Waals surface area contributed by atoms with E-state index in [1.807, 2.05) is 0 Å². The van der Waals surface area contributed by atoms with Crippen molar-refractivity contribution in [3.63, 3.8) is 0 Å². The van der Waals surface area contributed by atoms with Crippen LogP contribution in [0.3, 0.4) is 0 Å². The average molecular weight is 572 g/mol. The molecule has 5 N–H and O–H groups in total. The van der Waals surface area contributed by atoms with Gasteiger partial charge in [-0.15, -0.1) is 0 Å². The number of carboxylic acid groups (broad SMARTS) is 1. The maximum atomic E-state index is 12.7. The number of piperidine rings is 1. The topological polar surface area (TPSA) is 167 Å². The third kappa shape index (κ3) is 6.94. The number of nitrogens with two attached hydrogens (primary N) is 1. The number of aromatic nitrogens is 3. The molecule has 0 atom stereocenters. The standard InChI is InChI=1S/C19H16ClN5O5.C8H18N2/c20-10-4-5-14(21-6-10)22-15(27)9-25-13-3-1-2-12(16(13)23-17(25)19(29)30)18(28)24-7-11(26)8-24;1-7(2)10-5-3-8(9)4-6-10/h1-6,11,26H,7-9H2,(H,29,30)(H,21,22,27);7-8H,3-6,9H2,1-2H3. The Bertz CT molecular complexity index is 1360. The fraction of sp³-hybridized carbons (Fsp3) is 0.444. The first-order valence-corrected chi connectivity index (χ1v) is 13.5. The van der Waals surface area contributed by atoms with Gasteiger partial charge in [0.2, 0.25) is 11.7 Å². The summed E-state index contributed by atoms with van der Waals surface area (Å²) in [6, 6.07) is 8.96. The molecule has 2 aliphatic rings. The molecule has 0 unspecified atom stereocenters. The number of fused-ring (bicyclic) bond motifs is 1. The summed E-state index contributed by atoms with van der Waals surface area (Å²) in [5.41, 5.74) is 6.49. The first kappa shape index (κ1) is 29.4. The lowest BCUT2D eigenvalue weighted by Gasteiger charge is -2.35. The molecule has 214 valence electrons. The minimum Gasteiger partial charge on any atom is -0.475 e. The number of amides is 2. The second-order valence-corrected chi connectivity index (χ2v) is 10.7. The summed E-state index contributed by atoms with van der Waals surface area (Å²) in [7, 11) is 0. The van der Waals surface area contributed by atoms with Gasteiger partial charge in [0.1, 0.15) is 17.9 Å². The molecular formula is C27H34ClN7O5. The highest BCUT2D eigenvalue weighted by molar-refractivity contribution is 6.30. The second kappa shape index (κ2) is 12.7. The lowest BCUT2D eigenvalue weighted by Crippen LogP contribution is -2.53. The number of rotatable bonds is 6. The number of anilines is 1. The van der Waals surface area contributed by atoms with Crippen LogP contribution in [0, 0.1) is 0 Å². The minimum absolute atomic E-state index is 0.179. The predicted octanol–water partition coefficient (Wildman–Crippen LogP) is 2.06. The highest BCUT2D eigenvalue weighted by Crippen LogP contribution is 2.24. The zero-order chi connectivity index (χ0) is 29.0. The maximum absolute atomic E-state index is 12.7. The normalized spacial score (nSPS) is 16.4. The first-order chi connectivity index (χ1) is 19.0. The van der Waals surface area contributed by atoms with E-state index in [2.05, 4.69) is 34.0 Å². The van der Waals surface area contributed by atoms with Gasteiger partial charge in [0, 0.05) is 31.4 Å². The largest absolute Gasteiger partial charge is 0.475 e. The number of imidazole rings is 1. The number of aliphatic hydroxyl groups is 1. The molecule has 40 heavy (non-hydrogen) atoms. The molecule has 3 aromatic rings. The molecule has 5 rings (SSSR count). The van der Waals surface area contributed by atoms with E-state index in [9.17, 15) is 24.6 Å². The summed E-state index contributed by atoms with van der Waals surface area (Å²) in [6.07, 6.45) is 3.17. The van der Waals surface area contributed by atoms with Crippen LogP contribution in [0.2, 0.25) is 5.02 Å². The molecular weight excluding hydrogens is 538 g/mol. The first-order valence-electron chi connectivity index (χ1n) is 13.1. The Morgan fingerprint density at radius 3 is 2.42 bits per heavy atom. The molecule has 0 bridgehead atoms. The van der Waals surface area contributed by atoms with Crippen molar-refractivity contribution in [2.45, 2.75) is 51.4 Å². The van der Waals surface area contributed by atoms with E-state index in [0.717, 1.165) is 0 Å². The van der Waals surface area contributed by atoms with E-state index in [1.165, 1.54) is 53.7 Å². The number of likely N-dealkylation sites (tertiary alicyclic amines) is 2. The lowest BCUT2D eigenvalue weighted by molar-refractivity contribution is -0.116. The zero-order valence-electron chi connectivity index (χ0n) is 22.5. The van der Waals surface area contributed by atoms with Crippen molar-refractivity contribution in [1.82, 2.24) is 24.3 Å². The van der Waals surface area contributed by atoms with Crippen LogP contribution in [-0.2, 0) is 11.3 Å². The highest BCUT2D eigenvalue weighted by atomic mass is 35.5. The molecule has 2 fully saturated rings. The summed E-state index contributed by atoms with van der Waals surface area (Å²) in [4.78, 5) is 48.9. The van der Waals surface area contributed by atoms with E-state index < -0.39 is 18.0 Å². The van der Waals surface area contributed by atoms with Crippen LogP contribution in [0.15, 0.2) is 36.5 Å². The molecule has 1 aromatic carbocycles. The Morgan fingerprint density at radius 2 is 1.85 bits per heavy atom. The quantitative estimate of drug-likeness (QED) is 0.346. The van der Waals surface area contributed by atoms with Gasteiger partial charge in [0.05, 0.1) is 22.2 Å². The Balaban J connectivity index is 0.000000312. The van der Waals surface area contributed by atoms with Crippen LogP contribution in [-0.4, -0.2) is 96.7 Å². The maximum Gasteiger partial charge on any atom is 0.372 e. The Kier molecular flexibility index (Phi) is 9.36. The summed E-state index contributed by atoms with van der Waals surface area (Å²) in [6.45, 7) is 6.95. The minimum atomic E-state index is -1.33. The Labute approximate surface area is 236 Å². The number of pyridine rings is 1. The number of halogens is 1. The molecule has 0 saturated carbocycles. The monoisotopic (exact) mass is 571 g/mol. The summed E-state index contributed by atoms with van der Waals surface area (Å²) >= 11 is 5.77. The second-order valence-electron chi connectivity index (χ2n) is 10.2. The van der Waals surface area contributed by atoms with Crippen LogP contribution in [0.4, 0.5) is 5.82 Å². The number of carbonyl (C=O) groups excluding carboxylic acids is 2. The number of nitrogens with zero attached hydrogens (tertiary/aromatic N) is 5. The number of carboxylic acids is 1. The van der Waals surface area contributed by atoms with Gasteiger partial charge in [-0.25, -0.2) is 14.8 Å². The van der Waals surface area contributed by atoms with Crippen molar-refractivity contribution in [3.05, 3.63) is 52.9 Å². The van der Waals surface area contributed by atoms with E-state index in [1.54, 1.807) is 18.2 Å². The smallest absolute Gasteiger partial charge is 0.372 e. The molecule has 12 nitrogen and oxygen atoms in total. The molecule has 2 amide bonds. The van der Waals surface area contributed by atoms with Crippen LogP contribution in [0.5, 0.6) is 0 Å². The molecule has 13 heteroatoms. The number of carbonyl (C=O) groups is 3. The predicted molar refractivity (Wildman–Crippen MR) is 150 cm³/mol. The van der Waals surface area contributed by atoms with Crippen molar-refractivity contribution in [2.24, 2.45) is 5.73 Å². The van der Waals surface area contributed by atoms with Gasteiger partial charge >= 0.3 is 5.97 Å². The summed E-state index contributed by atoms with van der Waals surface area (Å²) in [5, 5.41) is 22.0. The van der Waals surface area contributed by atoms with Crippen molar-refractivity contribution in [1.29, 1.82) is 0 Å². The third-order valence-corrected chi connectivity index (χ3v) is 7.17. The number of aromatic carboxylic acids is 1. The molecule has 0 radical (unpaired) electrons. The average Bonchev–Trinajstić information content (AvgIpc) is 3.27. The molecule has 2 aromatic heterocycles. The van der Waals surface area contributed by atoms with E-state index in [-0.39, 0.29) is 48.3 Å². The van der Waals surface area contributed by atoms with Gasteiger partial charge in [-0.3, -0.25) is 9.59 Å². The van der Waals surface area contributed by atoms with Gasteiger partial charge < -0.3 is 35.6 Å². The Morgan fingerprint density at radius 1 is 1.15 bits per heavy atom. The van der Waals surface area contributed by atoms with E-state index in [0.29, 0.717) is 22.6 Å². The number of para-hydroxylation sites is 1. The van der Waals surface area contributed by atoms with Crippen LogP contribution < -0.4 is 11.1 Å². The number of hydrogen-bond donors (Lipinski definition) is 4. The lowest BCUT2D eigenvalue weighted by atomic mass is 10.1. The van der Waals surface area contributed by atoms with Gasteiger partial charge in [-0.05, 0) is 64.0 Å². The number of aliphatic hydroxyl groups excluding tert-OH is 1. The molecule has 2 saturated heterocycles.